The summed E-state index contributed by atoms with van der Waals surface area (Å²) < 4.78 is 1.34. The van der Waals surface area contributed by atoms with E-state index in [1.165, 1.54) is 4.21 Å². The maximum atomic E-state index is 4.15. The van der Waals surface area contributed by atoms with Crippen molar-refractivity contribution in [2.75, 3.05) is 5.75 Å². The molecule has 0 atom stereocenters. The van der Waals surface area contributed by atoms with Crippen LogP contribution in [0.1, 0.15) is 12.6 Å². The van der Waals surface area contributed by atoms with E-state index in [1.807, 2.05) is 27.1 Å². The minimum Gasteiger partial charge on any atom is -0.249 e. The summed E-state index contributed by atoms with van der Waals surface area (Å²) in [6, 6.07) is 0. The number of nitrogens with zero attached hydrogens (tertiary/aromatic N) is 1. The Morgan fingerprint density at radius 2 is 2.50 bits per heavy atom. The van der Waals surface area contributed by atoms with Gasteiger partial charge in [-0.25, -0.2) is 4.98 Å². The number of aromatic nitrogens is 1. The van der Waals surface area contributed by atoms with Crippen molar-refractivity contribution in [1.29, 1.82) is 0 Å². The monoisotopic (exact) mass is 191 g/mol. The molecule has 0 N–H and O–H groups in total. The zero-order valence-electron chi connectivity index (χ0n) is 5.96. The highest BCUT2D eigenvalue weighted by molar-refractivity contribution is 8.77. The Morgan fingerprint density at radius 1 is 1.70 bits per heavy atom. The van der Waals surface area contributed by atoms with Crippen molar-refractivity contribution in [3.05, 3.63) is 11.2 Å². The number of thiazole rings is 1. The first kappa shape index (κ1) is 8.43. The molecule has 0 aliphatic heterocycles. The Balaban J connectivity index is 2.49. The third kappa shape index (κ3) is 2.18. The molecule has 0 unspecified atom stereocenters. The van der Waals surface area contributed by atoms with Crippen LogP contribution in [0, 0.1) is 6.92 Å². The number of hydrogen-bond acceptors (Lipinski definition) is 4. The van der Waals surface area contributed by atoms with Gasteiger partial charge in [0.25, 0.3) is 0 Å². The van der Waals surface area contributed by atoms with Gasteiger partial charge in [-0.3, -0.25) is 0 Å². The first-order chi connectivity index (χ1) is 4.84. The lowest BCUT2D eigenvalue weighted by atomic mass is 10.6. The maximum absolute atomic E-state index is 4.15. The molecule has 1 aromatic heterocycles. The van der Waals surface area contributed by atoms with Crippen LogP contribution in [0.4, 0.5) is 0 Å². The minimum atomic E-state index is 1.15. The third-order valence-corrected chi connectivity index (χ3v) is 4.89. The molecular weight excluding hydrogens is 182 g/mol. The van der Waals surface area contributed by atoms with E-state index in [0.29, 0.717) is 0 Å². The standard InChI is InChI=1S/C6H9NS3/c1-3-9-10-6-5(2)7-4-8-6/h4H,3H2,1-2H3. The maximum Gasteiger partial charge on any atom is 0.0933 e. The summed E-state index contributed by atoms with van der Waals surface area (Å²) in [5.74, 6) is 1.15. The first-order valence-corrected chi connectivity index (χ1v) is 6.24. The average Bonchev–Trinajstić information content (AvgIpc) is 2.31. The van der Waals surface area contributed by atoms with E-state index in [2.05, 4.69) is 18.8 Å². The minimum absolute atomic E-state index is 1.15. The van der Waals surface area contributed by atoms with Gasteiger partial charge in [-0.05, 0) is 17.7 Å². The highest BCUT2D eigenvalue weighted by Crippen LogP contribution is 2.35. The molecule has 4 heteroatoms. The van der Waals surface area contributed by atoms with Crippen LogP contribution in [-0.4, -0.2) is 10.7 Å². The van der Waals surface area contributed by atoms with Crippen LogP contribution in [0.25, 0.3) is 0 Å². The van der Waals surface area contributed by atoms with Gasteiger partial charge in [0.1, 0.15) is 0 Å². The molecule has 0 fully saturated rings. The molecule has 0 aliphatic rings. The Bertz CT molecular complexity index is 197. The van der Waals surface area contributed by atoms with Crippen LogP contribution in [0.2, 0.25) is 0 Å². The molecule has 0 bridgehead atoms. The summed E-state index contributed by atoms with van der Waals surface area (Å²) in [5.41, 5.74) is 3.06. The van der Waals surface area contributed by atoms with Crippen molar-refractivity contribution in [3.63, 3.8) is 0 Å². The van der Waals surface area contributed by atoms with E-state index in [1.54, 1.807) is 11.3 Å². The molecule has 0 aromatic carbocycles. The summed E-state index contributed by atoms with van der Waals surface area (Å²) >= 11 is 1.72. The van der Waals surface area contributed by atoms with Crippen LogP contribution in [0.5, 0.6) is 0 Å². The van der Waals surface area contributed by atoms with Gasteiger partial charge in [-0.2, -0.15) is 0 Å². The van der Waals surface area contributed by atoms with Crippen LogP contribution in [-0.2, 0) is 0 Å². The molecule has 0 saturated heterocycles. The van der Waals surface area contributed by atoms with Crippen molar-refractivity contribution in [3.8, 4) is 0 Å². The molecule has 1 heterocycles. The van der Waals surface area contributed by atoms with Gasteiger partial charge in [0.15, 0.2) is 0 Å². The summed E-state index contributed by atoms with van der Waals surface area (Å²) in [7, 11) is 3.69. The molecule has 0 aliphatic carbocycles. The topological polar surface area (TPSA) is 12.9 Å². The molecule has 1 rings (SSSR count). The smallest absolute Gasteiger partial charge is 0.0933 e. The SMILES string of the molecule is CCSSc1scnc1C. The number of rotatable bonds is 3. The van der Waals surface area contributed by atoms with Gasteiger partial charge in [-0.15, -0.1) is 11.3 Å². The second kappa shape index (κ2) is 4.26. The first-order valence-electron chi connectivity index (χ1n) is 3.04. The number of aryl methyl sites for hydroxylation is 1. The van der Waals surface area contributed by atoms with E-state index in [9.17, 15) is 0 Å². The Kier molecular flexibility index (Phi) is 3.59. The van der Waals surface area contributed by atoms with Crippen molar-refractivity contribution in [2.24, 2.45) is 0 Å². The fraction of sp³-hybridized carbons (Fsp3) is 0.500. The predicted molar refractivity (Wildman–Crippen MR) is 50.8 cm³/mol. The van der Waals surface area contributed by atoms with Gasteiger partial charge in [0, 0.05) is 5.75 Å². The Morgan fingerprint density at radius 3 is 3.00 bits per heavy atom. The average molecular weight is 191 g/mol. The fourth-order valence-electron chi connectivity index (χ4n) is 0.484. The molecule has 1 nitrogen and oxygen atoms in total. The van der Waals surface area contributed by atoms with Gasteiger partial charge in [-0.1, -0.05) is 17.7 Å². The quantitative estimate of drug-likeness (QED) is 0.681. The molecule has 0 radical (unpaired) electrons. The predicted octanol–water partition coefficient (Wildman–Crippen LogP) is 3.21. The van der Waals surface area contributed by atoms with Crippen molar-refractivity contribution >= 4 is 32.9 Å². The third-order valence-electron chi connectivity index (χ3n) is 0.954. The molecule has 0 saturated carbocycles. The second-order valence-electron chi connectivity index (χ2n) is 1.72. The van der Waals surface area contributed by atoms with E-state index in [-0.39, 0.29) is 0 Å². The van der Waals surface area contributed by atoms with Crippen LogP contribution >= 0.6 is 32.9 Å². The van der Waals surface area contributed by atoms with E-state index in [0.717, 1.165) is 11.4 Å². The Hall–Kier alpha value is 0.330. The van der Waals surface area contributed by atoms with Gasteiger partial charge in [0.05, 0.1) is 15.4 Å². The summed E-state index contributed by atoms with van der Waals surface area (Å²) in [6.45, 7) is 4.21. The lowest BCUT2D eigenvalue weighted by Gasteiger charge is -1.92. The van der Waals surface area contributed by atoms with Crippen LogP contribution < -0.4 is 0 Å². The largest absolute Gasteiger partial charge is 0.249 e. The summed E-state index contributed by atoms with van der Waals surface area (Å²) in [5, 5.41) is 0. The molecule has 10 heavy (non-hydrogen) atoms. The van der Waals surface area contributed by atoms with E-state index >= 15 is 0 Å². The van der Waals surface area contributed by atoms with E-state index < -0.39 is 0 Å². The summed E-state index contributed by atoms with van der Waals surface area (Å²) in [4.78, 5) is 4.15. The lowest BCUT2D eigenvalue weighted by Crippen LogP contribution is -1.69. The lowest BCUT2D eigenvalue weighted by molar-refractivity contribution is 1.21. The number of hydrogen-bond donors (Lipinski definition) is 0. The van der Waals surface area contributed by atoms with Crippen LogP contribution in [0.15, 0.2) is 9.72 Å². The molecule has 0 amide bonds. The molecule has 0 spiro atoms. The van der Waals surface area contributed by atoms with Gasteiger partial charge < -0.3 is 0 Å². The second-order valence-corrected chi connectivity index (χ2v) is 5.42. The van der Waals surface area contributed by atoms with Crippen molar-refractivity contribution in [2.45, 2.75) is 18.1 Å². The summed E-state index contributed by atoms with van der Waals surface area (Å²) in [6.07, 6.45) is 0. The van der Waals surface area contributed by atoms with Crippen molar-refractivity contribution in [1.82, 2.24) is 4.98 Å². The fourth-order valence-corrected chi connectivity index (χ4v) is 3.52. The highest BCUT2D eigenvalue weighted by atomic mass is 33.1. The molecule has 1 aromatic rings. The molecular formula is C6H9NS3. The van der Waals surface area contributed by atoms with Crippen molar-refractivity contribution < 1.29 is 0 Å². The zero-order valence-corrected chi connectivity index (χ0v) is 8.41. The molecule has 56 valence electrons. The van der Waals surface area contributed by atoms with E-state index in [4.69, 9.17) is 0 Å². The van der Waals surface area contributed by atoms with Crippen LogP contribution in [0.3, 0.4) is 0 Å². The van der Waals surface area contributed by atoms with Gasteiger partial charge >= 0.3 is 0 Å². The normalized spacial score (nSPS) is 10.2. The highest BCUT2D eigenvalue weighted by Gasteiger charge is 1.99. The Labute approximate surface area is 73.0 Å². The zero-order chi connectivity index (χ0) is 7.40. The van der Waals surface area contributed by atoms with Gasteiger partial charge in [0.2, 0.25) is 0 Å².